The number of nitrogens with zero attached hydrogens (tertiary/aromatic N) is 2. The summed E-state index contributed by atoms with van der Waals surface area (Å²) in [6, 6.07) is 5.89. The minimum atomic E-state index is -4.71. The molecule has 3 aromatic rings. The van der Waals surface area contributed by atoms with Crippen molar-refractivity contribution in [1.82, 2.24) is 9.97 Å². The molecule has 2 aromatic heterocycles. The van der Waals surface area contributed by atoms with Gasteiger partial charge in [-0.05, 0) is 43.7 Å². The zero-order chi connectivity index (χ0) is 25.9. The highest BCUT2D eigenvalue weighted by Gasteiger charge is 2.33. The van der Waals surface area contributed by atoms with Crippen molar-refractivity contribution >= 4 is 28.7 Å². The first-order valence-electron chi connectivity index (χ1n) is 11.3. The number of amides is 1. The number of hydrogen-bond donors (Lipinski definition) is 2. The largest absolute Gasteiger partial charge is 0.480 e. The number of benzene rings is 1. The predicted octanol–water partition coefficient (Wildman–Crippen LogP) is 4.31. The average Bonchev–Trinajstić information content (AvgIpc) is 3.29. The molecule has 1 amide bonds. The van der Waals surface area contributed by atoms with Crippen molar-refractivity contribution in [3.05, 3.63) is 47.6 Å². The molecule has 0 radical (unpaired) electrons. The van der Waals surface area contributed by atoms with E-state index in [0.717, 1.165) is 43.9 Å². The summed E-state index contributed by atoms with van der Waals surface area (Å²) in [5.74, 6) is -0.707. The summed E-state index contributed by atoms with van der Waals surface area (Å²) >= 11 is 0. The summed E-state index contributed by atoms with van der Waals surface area (Å²) < 4.78 is 55.0. The highest BCUT2D eigenvalue weighted by molar-refractivity contribution is 6.04. The van der Waals surface area contributed by atoms with Crippen LogP contribution in [0.5, 0.6) is 5.75 Å². The SMILES string of the molecule is COC(=O)COc1cc2nc(C3CCC(CO)CC3)oc2cc1NC(=O)c1cccc(C(F)(F)F)n1. The zero-order valence-corrected chi connectivity index (χ0v) is 19.3. The van der Waals surface area contributed by atoms with E-state index in [4.69, 9.17) is 9.15 Å². The molecule has 1 saturated carbocycles. The number of alkyl halides is 3. The molecule has 2 N–H and O–H groups in total. The molecule has 1 aromatic carbocycles. The average molecular weight is 507 g/mol. The van der Waals surface area contributed by atoms with E-state index in [9.17, 15) is 27.9 Å². The van der Waals surface area contributed by atoms with Crippen LogP contribution in [-0.2, 0) is 15.7 Å². The van der Waals surface area contributed by atoms with E-state index in [1.807, 2.05) is 0 Å². The summed E-state index contributed by atoms with van der Waals surface area (Å²) in [7, 11) is 1.19. The van der Waals surface area contributed by atoms with Gasteiger partial charge in [-0.25, -0.2) is 14.8 Å². The Balaban J connectivity index is 1.63. The van der Waals surface area contributed by atoms with E-state index in [1.165, 1.54) is 19.2 Å². The van der Waals surface area contributed by atoms with Crippen molar-refractivity contribution in [2.75, 3.05) is 25.6 Å². The molecule has 1 fully saturated rings. The second-order valence-corrected chi connectivity index (χ2v) is 8.49. The van der Waals surface area contributed by atoms with Crippen LogP contribution < -0.4 is 10.1 Å². The third-order valence-corrected chi connectivity index (χ3v) is 6.05. The van der Waals surface area contributed by atoms with E-state index in [0.29, 0.717) is 17.0 Å². The van der Waals surface area contributed by atoms with Gasteiger partial charge in [-0.15, -0.1) is 0 Å². The first-order valence-corrected chi connectivity index (χ1v) is 11.3. The molecule has 12 heteroatoms. The number of carbonyl (C=O) groups excluding carboxylic acids is 2. The van der Waals surface area contributed by atoms with E-state index in [1.54, 1.807) is 0 Å². The normalized spacial score (nSPS) is 18.1. The molecular weight excluding hydrogens is 483 g/mol. The molecule has 0 atom stereocenters. The van der Waals surface area contributed by atoms with Crippen LogP contribution in [0.25, 0.3) is 11.1 Å². The third kappa shape index (κ3) is 5.76. The number of ether oxygens (including phenoxy) is 2. The molecule has 0 unspecified atom stereocenters. The van der Waals surface area contributed by atoms with Gasteiger partial charge in [-0.3, -0.25) is 4.79 Å². The van der Waals surface area contributed by atoms with Gasteiger partial charge < -0.3 is 24.3 Å². The first-order chi connectivity index (χ1) is 17.2. The number of methoxy groups -OCH3 is 1. The number of anilines is 1. The monoisotopic (exact) mass is 507 g/mol. The lowest BCUT2D eigenvalue weighted by atomic mass is 9.82. The summed E-state index contributed by atoms with van der Waals surface area (Å²) in [5.41, 5.74) is -0.857. The fourth-order valence-corrected chi connectivity index (χ4v) is 4.06. The molecule has 4 rings (SSSR count). The number of aromatic nitrogens is 2. The number of halogens is 3. The minimum absolute atomic E-state index is 0.0528. The van der Waals surface area contributed by atoms with Gasteiger partial charge in [0, 0.05) is 24.7 Å². The third-order valence-electron chi connectivity index (χ3n) is 6.05. The number of hydrogen-bond acceptors (Lipinski definition) is 8. The highest BCUT2D eigenvalue weighted by atomic mass is 19.4. The lowest BCUT2D eigenvalue weighted by Crippen LogP contribution is -2.18. The first kappa shape index (κ1) is 25.4. The van der Waals surface area contributed by atoms with Crippen LogP contribution in [-0.4, -0.2) is 47.3 Å². The molecule has 9 nitrogen and oxygen atoms in total. The maximum absolute atomic E-state index is 13.0. The molecule has 0 aliphatic heterocycles. The number of pyridine rings is 1. The van der Waals surface area contributed by atoms with Crippen LogP contribution >= 0.6 is 0 Å². The van der Waals surface area contributed by atoms with Gasteiger partial charge in [0.2, 0.25) is 0 Å². The molecule has 0 saturated heterocycles. The number of oxazole rings is 1. The van der Waals surface area contributed by atoms with E-state index in [2.05, 4.69) is 20.0 Å². The Bertz CT molecular complexity index is 1250. The maximum Gasteiger partial charge on any atom is 0.433 e. The van der Waals surface area contributed by atoms with Crippen LogP contribution in [0.15, 0.2) is 34.7 Å². The van der Waals surface area contributed by atoms with Gasteiger partial charge in [0.05, 0.1) is 12.8 Å². The molecule has 1 aliphatic carbocycles. The van der Waals surface area contributed by atoms with E-state index < -0.39 is 36.0 Å². The lowest BCUT2D eigenvalue weighted by molar-refractivity contribution is -0.143. The van der Waals surface area contributed by atoms with Crippen molar-refractivity contribution in [2.24, 2.45) is 5.92 Å². The fraction of sp³-hybridized carbons (Fsp3) is 0.417. The standard InChI is InChI=1S/C24H24F3N3O6/c1-34-21(32)12-35-18-9-17-19(36-23(30-17)14-7-5-13(11-31)6-8-14)10-16(18)29-22(33)15-3-2-4-20(28-15)24(25,26)27/h2-4,9-10,13-14,31H,5-8,11-12H2,1H3,(H,29,33). The van der Waals surface area contributed by atoms with Gasteiger partial charge in [0.15, 0.2) is 18.1 Å². The van der Waals surface area contributed by atoms with E-state index >= 15 is 0 Å². The van der Waals surface area contributed by atoms with Crippen LogP contribution in [0.1, 0.15) is 53.7 Å². The van der Waals surface area contributed by atoms with Crippen LogP contribution in [0.4, 0.5) is 18.9 Å². The zero-order valence-electron chi connectivity index (χ0n) is 19.3. The summed E-state index contributed by atoms with van der Waals surface area (Å²) in [5, 5.41) is 11.8. The van der Waals surface area contributed by atoms with Gasteiger partial charge in [0.25, 0.3) is 5.91 Å². The van der Waals surface area contributed by atoms with Crippen molar-refractivity contribution < 1.29 is 41.8 Å². The fourth-order valence-electron chi connectivity index (χ4n) is 4.06. The predicted molar refractivity (Wildman–Crippen MR) is 120 cm³/mol. The number of aliphatic hydroxyl groups is 1. The van der Waals surface area contributed by atoms with Crippen LogP contribution in [0, 0.1) is 5.92 Å². The van der Waals surface area contributed by atoms with Crippen molar-refractivity contribution in [3.8, 4) is 5.75 Å². The van der Waals surface area contributed by atoms with Crippen LogP contribution in [0.3, 0.4) is 0 Å². The number of rotatable bonds is 7. The summed E-state index contributed by atoms with van der Waals surface area (Å²) in [4.78, 5) is 32.3. The van der Waals surface area contributed by atoms with Gasteiger partial charge in [-0.2, -0.15) is 13.2 Å². The van der Waals surface area contributed by atoms with Gasteiger partial charge >= 0.3 is 12.1 Å². The number of nitrogens with one attached hydrogen (secondary N) is 1. The van der Waals surface area contributed by atoms with Crippen molar-refractivity contribution in [2.45, 2.75) is 37.8 Å². The molecule has 2 heterocycles. The Kier molecular flexibility index (Phi) is 7.43. The topological polar surface area (TPSA) is 124 Å². The van der Waals surface area contributed by atoms with E-state index in [-0.39, 0.29) is 29.9 Å². The van der Waals surface area contributed by atoms with Crippen molar-refractivity contribution in [1.29, 1.82) is 0 Å². The Labute approximate surface area is 203 Å². The molecule has 1 aliphatic rings. The summed E-state index contributed by atoms with van der Waals surface area (Å²) in [6.45, 7) is -0.326. The summed E-state index contributed by atoms with van der Waals surface area (Å²) in [6.07, 6.45) is -1.42. The van der Waals surface area contributed by atoms with Crippen molar-refractivity contribution in [3.63, 3.8) is 0 Å². The van der Waals surface area contributed by atoms with Crippen LogP contribution in [0.2, 0.25) is 0 Å². The number of aliphatic hydroxyl groups excluding tert-OH is 1. The Morgan fingerprint density at radius 3 is 2.58 bits per heavy atom. The second kappa shape index (κ2) is 10.5. The molecule has 0 bridgehead atoms. The number of esters is 1. The number of fused-ring (bicyclic) bond motifs is 1. The molecule has 36 heavy (non-hydrogen) atoms. The Hall–Kier alpha value is -3.67. The smallest absolute Gasteiger partial charge is 0.433 e. The van der Waals surface area contributed by atoms with Gasteiger partial charge in [0.1, 0.15) is 22.7 Å². The molecule has 192 valence electrons. The number of carbonyl (C=O) groups is 2. The maximum atomic E-state index is 13.0. The highest BCUT2D eigenvalue weighted by Crippen LogP contribution is 2.38. The minimum Gasteiger partial charge on any atom is -0.480 e. The van der Waals surface area contributed by atoms with Gasteiger partial charge in [-0.1, -0.05) is 6.07 Å². The quantitative estimate of drug-likeness (QED) is 0.454. The second-order valence-electron chi connectivity index (χ2n) is 8.49. The Morgan fingerprint density at radius 1 is 1.17 bits per heavy atom. The lowest BCUT2D eigenvalue weighted by Gasteiger charge is -2.24. The Morgan fingerprint density at radius 2 is 1.92 bits per heavy atom. The molecule has 0 spiro atoms. The molecular formula is C24H24F3N3O6.